The Kier molecular flexibility index (Phi) is 12.5. The predicted octanol–water partition coefficient (Wildman–Crippen LogP) is 3.03. The van der Waals surface area contributed by atoms with Crippen molar-refractivity contribution in [1.29, 1.82) is 0 Å². The SMILES string of the molecule is C=C/C=C(\C=C)N=O.CC. The Morgan fingerprint density at radius 3 is 2.00 bits per heavy atom. The van der Waals surface area contributed by atoms with Gasteiger partial charge in [0, 0.05) is 0 Å². The van der Waals surface area contributed by atoms with Gasteiger partial charge in [0.15, 0.2) is 0 Å². The molecule has 0 unspecified atom stereocenters. The zero-order valence-corrected chi connectivity index (χ0v) is 6.50. The van der Waals surface area contributed by atoms with E-state index in [0.717, 1.165) is 0 Å². The molecule has 2 nitrogen and oxygen atoms in total. The molecule has 0 aromatic heterocycles. The fourth-order valence-corrected chi connectivity index (χ4v) is 0.256. The third-order valence-corrected chi connectivity index (χ3v) is 0.603. The second-order valence-corrected chi connectivity index (χ2v) is 1.12. The van der Waals surface area contributed by atoms with Crippen LogP contribution in [0.1, 0.15) is 13.8 Å². The number of nitrogens with zero attached hydrogens (tertiary/aromatic N) is 1. The van der Waals surface area contributed by atoms with Crippen LogP contribution in [0.4, 0.5) is 0 Å². The molecule has 0 aliphatic carbocycles. The fourth-order valence-electron chi connectivity index (χ4n) is 0.256. The third kappa shape index (κ3) is 6.82. The summed E-state index contributed by atoms with van der Waals surface area (Å²) in [6, 6.07) is 0. The van der Waals surface area contributed by atoms with E-state index in [2.05, 4.69) is 18.3 Å². The monoisotopic (exact) mass is 139 g/mol. The summed E-state index contributed by atoms with van der Waals surface area (Å²) in [4.78, 5) is 9.69. The van der Waals surface area contributed by atoms with Crippen LogP contribution in [0.2, 0.25) is 0 Å². The van der Waals surface area contributed by atoms with E-state index >= 15 is 0 Å². The summed E-state index contributed by atoms with van der Waals surface area (Å²) < 4.78 is 0. The highest BCUT2D eigenvalue weighted by Gasteiger charge is 1.80. The molecule has 2 heteroatoms. The van der Waals surface area contributed by atoms with E-state index in [-0.39, 0.29) is 0 Å². The van der Waals surface area contributed by atoms with E-state index in [4.69, 9.17) is 0 Å². The van der Waals surface area contributed by atoms with E-state index in [1.807, 2.05) is 13.8 Å². The number of nitroso groups, excluding NO2 is 1. The van der Waals surface area contributed by atoms with E-state index in [1.165, 1.54) is 18.2 Å². The Morgan fingerprint density at radius 1 is 1.40 bits per heavy atom. The molecule has 0 aromatic rings. The Bertz CT molecular complexity index is 126. The number of rotatable bonds is 3. The molecular formula is C8H13NO. The van der Waals surface area contributed by atoms with Gasteiger partial charge in [-0.25, -0.2) is 0 Å². The fraction of sp³-hybridized carbons (Fsp3) is 0.250. The third-order valence-electron chi connectivity index (χ3n) is 0.603. The van der Waals surface area contributed by atoms with Crippen LogP contribution in [0, 0.1) is 4.91 Å². The Labute approximate surface area is 61.9 Å². The summed E-state index contributed by atoms with van der Waals surface area (Å²) in [5, 5.41) is 2.62. The Hall–Kier alpha value is -1.18. The maximum atomic E-state index is 9.69. The van der Waals surface area contributed by atoms with Gasteiger partial charge in [0.2, 0.25) is 0 Å². The topological polar surface area (TPSA) is 29.4 Å². The van der Waals surface area contributed by atoms with Crippen molar-refractivity contribution in [3.8, 4) is 0 Å². The van der Waals surface area contributed by atoms with E-state index in [9.17, 15) is 4.91 Å². The molecule has 56 valence electrons. The average molecular weight is 139 g/mol. The summed E-state index contributed by atoms with van der Waals surface area (Å²) in [5.41, 5.74) is 0.306. The molecule has 0 atom stereocenters. The summed E-state index contributed by atoms with van der Waals surface area (Å²) in [6.07, 6.45) is 4.34. The van der Waals surface area contributed by atoms with Gasteiger partial charge in [-0.15, -0.1) is 4.91 Å². The lowest BCUT2D eigenvalue weighted by atomic mass is 10.4. The molecule has 0 rings (SSSR count). The van der Waals surface area contributed by atoms with E-state index < -0.39 is 0 Å². The molecule has 10 heavy (non-hydrogen) atoms. The van der Waals surface area contributed by atoms with Crippen LogP contribution in [-0.2, 0) is 0 Å². The average Bonchev–Trinajstić information content (AvgIpc) is 2.04. The number of allylic oxidation sites excluding steroid dienone is 3. The van der Waals surface area contributed by atoms with Crippen LogP contribution < -0.4 is 0 Å². The first-order valence-electron chi connectivity index (χ1n) is 3.13. The molecule has 0 saturated carbocycles. The van der Waals surface area contributed by atoms with Crippen LogP contribution in [0.25, 0.3) is 0 Å². The van der Waals surface area contributed by atoms with Gasteiger partial charge in [0.05, 0.1) is 0 Å². The number of hydrogen-bond acceptors (Lipinski definition) is 2. The molecule has 0 N–H and O–H groups in total. The first-order chi connectivity index (χ1) is 4.85. The van der Waals surface area contributed by atoms with Crippen molar-refractivity contribution in [1.82, 2.24) is 0 Å². The van der Waals surface area contributed by atoms with E-state index in [0.29, 0.717) is 5.70 Å². The summed E-state index contributed by atoms with van der Waals surface area (Å²) in [5.74, 6) is 0. The van der Waals surface area contributed by atoms with Gasteiger partial charge in [-0.05, 0) is 17.3 Å². The second kappa shape index (κ2) is 10.7. The molecule has 0 fully saturated rings. The second-order valence-electron chi connectivity index (χ2n) is 1.12. The van der Waals surface area contributed by atoms with Crippen molar-refractivity contribution in [3.05, 3.63) is 42.0 Å². The summed E-state index contributed by atoms with van der Waals surface area (Å²) in [7, 11) is 0. The van der Waals surface area contributed by atoms with Gasteiger partial charge in [-0.1, -0.05) is 33.1 Å². The minimum absolute atomic E-state index is 0.306. The van der Waals surface area contributed by atoms with Crippen LogP contribution in [0.15, 0.2) is 42.3 Å². The predicted molar refractivity (Wildman–Crippen MR) is 45.6 cm³/mol. The smallest absolute Gasteiger partial charge is 0.107 e. The van der Waals surface area contributed by atoms with Crippen molar-refractivity contribution in [2.75, 3.05) is 0 Å². The van der Waals surface area contributed by atoms with Crippen LogP contribution in [-0.4, -0.2) is 0 Å². The number of hydrogen-bond donors (Lipinski definition) is 0. The molecule has 0 aliphatic rings. The van der Waals surface area contributed by atoms with Crippen molar-refractivity contribution in [2.24, 2.45) is 5.18 Å². The Balaban J connectivity index is 0. The first-order valence-corrected chi connectivity index (χ1v) is 3.13. The molecular weight excluding hydrogens is 126 g/mol. The zero-order chi connectivity index (χ0) is 8.41. The van der Waals surface area contributed by atoms with Gasteiger partial charge in [-0.2, -0.15) is 0 Å². The summed E-state index contributed by atoms with van der Waals surface area (Å²) >= 11 is 0. The maximum Gasteiger partial charge on any atom is 0.107 e. The molecule has 0 aromatic carbocycles. The summed E-state index contributed by atoms with van der Waals surface area (Å²) in [6.45, 7) is 10.7. The highest BCUT2D eigenvalue weighted by Crippen LogP contribution is 1.94. The van der Waals surface area contributed by atoms with Gasteiger partial charge < -0.3 is 0 Å². The molecule has 0 saturated heterocycles. The normalized spacial score (nSPS) is 8.80. The van der Waals surface area contributed by atoms with Crippen LogP contribution in [0.5, 0.6) is 0 Å². The molecule has 0 spiro atoms. The van der Waals surface area contributed by atoms with Crippen molar-refractivity contribution < 1.29 is 0 Å². The largest absolute Gasteiger partial charge is 0.145 e. The maximum absolute atomic E-state index is 9.69. The molecule has 0 radical (unpaired) electrons. The zero-order valence-electron chi connectivity index (χ0n) is 6.50. The lowest BCUT2D eigenvalue weighted by Gasteiger charge is -1.77. The lowest BCUT2D eigenvalue weighted by molar-refractivity contribution is 1.39. The minimum atomic E-state index is 0.306. The van der Waals surface area contributed by atoms with Gasteiger partial charge in [0.25, 0.3) is 0 Å². The molecule has 0 amide bonds. The molecule has 0 bridgehead atoms. The van der Waals surface area contributed by atoms with Crippen molar-refractivity contribution >= 4 is 0 Å². The van der Waals surface area contributed by atoms with Crippen molar-refractivity contribution in [3.63, 3.8) is 0 Å². The quantitative estimate of drug-likeness (QED) is 0.436. The van der Waals surface area contributed by atoms with Gasteiger partial charge in [-0.3, -0.25) is 0 Å². The highest BCUT2D eigenvalue weighted by atomic mass is 16.3. The molecule has 0 aliphatic heterocycles. The van der Waals surface area contributed by atoms with Crippen LogP contribution in [0.3, 0.4) is 0 Å². The Morgan fingerprint density at radius 2 is 1.90 bits per heavy atom. The minimum Gasteiger partial charge on any atom is -0.145 e. The lowest BCUT2D eigenvalue weighted by Crippen LogP contribution is -1.62. The first kappa shape index (κ1) is 11.6. The highest BCUT2D eigenvalue weighted by molar-refractivity contribution is 5.18. The van der Waals surface area contributed by atoms with Gasteiger partial charge >= 0.3 is 0 Å². The van der Waals surface area contributed by atoms with Crippen LogP contribution >= 0.6 is 0 Å². The van der Waals surface area contributed by atoms with Gasteiger partial charge in [0.1, 0.15) is 5.70 Å². The molecule has 0 heterocycles. The van der Waals surface area contributed by atoms with Crippen molar-refractivity contribution in [2.45, 2.75) is 13.8 Å². The standard InChI is InChI=1S/C6H7NO.C2H6/c1-3-5-6(4-2)7-8;1-2/h3-5H,1-2H2;1-2H3/b6-5+;. The van der Waals surface area contributed by atoms with E-state index in [1.54, 1.807) is 0 Å².